The monoisotopic (exact) mass is 199 g/mol. The number of thiocarbonyl (C=S) groups is 1. The van der Waals surface area contributed by atoms with E-state index in [0.29, 0.717) is 4.32 Å². The van der Waals surface area contributed by atoms with Crippen molar-refractivity contribution in [2.24, 2.45) is 5.10 Å². The number of hydrogen-bond acceptors (Lipinski definition) is 3. The van der Waals surface area contributed by atoms with Gasteiger partial charge in [0.25, 0.3) is 0 Å². The Bertz CT molecular complexity index is 266. The molecule has 3 nitrogen and oxygen atoms in total. The van der Waals surface area contributed by atoms with Gasteiger partial charge in [-0.15, -0.1) is 0 Å². The van der Waals surface area contributed by atoms with Gasteiger partial charge in [0.05, 0.1) is 11.9 Å². The van der Waals surface area contributed by atoms with Crippen molar-refractivity contribution in [1.29, 1.82) is 0 Å². The summed E-state index contributed by atoms with van der Waals surface area (Å²) in [5, 5.41) is 3.92. The molecular formula is C7H9N3S2. The first-order valence-corrected chi connectivity index (χ1v) is 4.96. The zero-order valence-electron chi connectivity index (χ0n) is 6.57. The molecule has 0 aliphatic rings. The van der Waals surface area contributed by atoms with Crippen molar-refractivity contribution < 1.29 is 0 Å². The summed E-state index contributed by atoms with van der Waals surface area (Å²) in [6.45, 7) is 0. The van der Waals surface area contributed by atoms with Crippen LogP contribution in [0.2, 0.25) is 0 Å². The Morgan fingerprint density at radius 3 is 3.25 bits per heavy atom. The van der Waals surface area contributed by atoms with Crippen LogP contribution in [0.25, 0.3) is 0 Å². The Kier molecular flexibility index (Phi) is 3.83. The van der Waals surface area contributed by atoms with Gasteiger partial charge in [0.2, 0.25) is 0 Å². The molecule has 64 valence electrons. The molecule has 1 rings (SSSR count). The highest BCUT2D eigenvalue weighted by Gasteiger charge is 1.87. The summed E-state index contributed by atoms with van der Waals surface area (Å²) in [4.78, 5) is 2.99. The van der Waals surface area contributed by atoms with Gasteiger partial charge in [-0.1, -0.05) is 24.0 Å². The molecule has 0 aromatic carbocycles. The molecule has 0 bridgehead atoms. The molecule has 0 aliphatic heterocycles. The Balaban J connectivity index is 2.37. The third-order valence-corrected chi connectivity index (χ3v) is 2.22. The third kappa shape index (κ3) is 3.06. The van der Waals surface area contributed by atoms with Crippen molar-refractivity contribution in [2.45, 2.75) is 0 Å². The van der Waals surface area contributed by atoms with Crippen LogP contribution in [0.5, 0.6) is 0 Å². The maximum absolute atomic E-state index is 4.88. The lowest BCUT2D eigenvalue weighted by atomic mass is 10.5. The highest BCUT2D eigenvalue weighted by Crippen LogP contribution is 1.93. The minimum Gasteiger partial charge on any atom is -0.360 e. The summed E-state index contributed by atoms with van der Waals surface area (Å²) in [7, 11) is 0. The Labute approximate surface area is 80.6 Å². The summed E-state index contributed by atoms with van der Waals surface area (Å²) in [5.41, 5.74) is 3.66. The third-order valence-electron chi connectivity index (χ3n) is 1.17. The molecule has 1 aromatic rings. The Hall–Kier alpha value is -0.810. The van der Waals surface area contributed by atoms with Crippen molar-refractivity contribution >= 4 is 34.5 Å². The van der Waals surface area contributed by atoms with E-state index in [1.807, 2.05) is 24.6 Å². The largest absolute Gasteiger partial charge is 0.360 e. The number of rotatable bonds is 2. The minimum atomic E-state index is 0.665. The molecule has 0 radical (unpaired) electrons. The Morgan fingerprint density at radius 1 is 1.83 bits per heavy atom. The fourth-order valence-electron chi connectivity index (χ4n) is 0.625. The molecule has 0 saturated heterocycles. The zero-order valence-corrected chi connectivity index (χ0v) is 8.21. The number of hydrazone groups is 1. The fourth-order valence-corrected chi connectivity index (χ4v) is 0.821. The molecule has 0 spiro atoms. The van der Waals surface area contributed by atoms with Gasteiger partial charge in [-0.05, 0) is 18.4 Å². The fraction of sp³-hybridized carbons (Fsp3) is 0.143. The smallest absolute Gasteiger partial charge is 0.153 e. The van der Waals surface area contributed by atoms with Crippen molar-refractivity contribution in [1.82, 2.24) is 10.4 Å². The van der Waals surface area contributed by atoms with Crippen LogP contribution in [0.1, 0.15) is 5.69 Å². The lowest BCUT2D eigenvalue weighted by molar-refractivity contribution is 1.07. The van der Waals surface area contributed by atoms with Crippen LogP contribution in [0.15, 0.2) is 23.4 Å². The molecule has 1 heterocycles. The molecule has 0 atom stereocenters. The number of aromatic amines is 1. The predicted octanol–water partition coefficient (Wildman–Crippen LogP) is 1.59. The average Bonchev–Trinajstić information content (AvgIpc) is 2.57. The summed E-state index contributed by atoms with van der Waals surface area (Å²) in [5.74, 6) is 0. The van der Waals surface area contributed by atoms with E-state index in [1.54, 1.807) is 6.21 Å². The van der Waals surface area contributed by atoms with Crippen molar-refractivity contribution in [3.63, 3.8) is 0 Å². The van der Waals surface area contributed by atoms with Gasteiger partial charge in [-0.25, -0.2) is 0 Å². The predicted molar refractivity (Wildman–Crippen MR) is 57.6 cm³/mol. The van der Waals surface area contributed by atoms with Gasteiger partial charge in [-0.2, -0.15) is 5.10 Å². The average molecular weight is 199 g/mol. The topological polar surface area (TPSA) is 40.2 Å². The summed E-state index contributed by atoms with van der Waals surface area (Å²) in [6.07, 6.45) is 5.43. The molecule has 0 aliphatic carbocycles. The van der Waals surface area contributed by atoms with E-state index in [2.05, 4.69) is 15.5 Å². The number of nitrogens with one attached hydrogen (secondary N) is 2. The van der Waals surface area contributed by atoms with E-state index < -0.39 is 0 Å². The second-order valence-electron chi connectivity index (χ2n) is 1.99. The van der Waals surface area contributed by atoms with E-state index in [9.17, 15) is 0 Å². The molecule has 12 heavy (non-hydrogen) atoms. The van der Waals surface area contributed by atoms with E-state index >= 15 is 0 Å². The number of hydrogen-bond donors (Lipinski definition) is 2. The van der Waals surface area contributed by atoms with Crippen LogP contribution in [0, 0.1) is 0 Å². The van der Waals surface area contributed by atoms with E-state index in [1.165, 1.54) is 11.8 Å². The standard InChI is InChI=1S/C7H9N3S2/c1-12-7(11)10-9-5-6-3-2-4-8-6/h2-5,8H,1H3,(H,10,11)/b9-5+. The highest BCUT2D eigenvalue weighted by molar-refractivity contribution is 8.22. The molecule has 1 aromatic heterocycles. The van der Waals surface area contributed by atoms with Crippen LogP contribution in [0.4, 0.5) is 0 Å². The molecule has 0 fully saturated rings. The first-order valence-electron chi connectivity index (χ1n) is 3.33. The van der Waals surface area contributed by atoms with Crippen LogP contribution < -0.4 is 5.43 Å². The quantitative estimate of drug-likeness (QED) is 0.431. The van der Waals surface area contributed by atoms with Crippen LogP contribution >= 0.6 is 24.0 Å². The van der Waals surface area contributed by atoms with Crippen LogP contribution in [-0.4, -0.2) is 21.8 Å². The second kappa shape index (κ2) is 4.95. The number of H-pyrrole nitrogens is 1. The van der Waals surface area contributed by atoms with Gasteiger partial charge >= 0.3 is 0 Å². The van der Waals surface area contributed by atoms with E-state index in [-0.39, 0.29) is 0 Å². The second-order valence-corrected chi connectivity index (χ2v) is 3.47. The van der Waals surface area contributed by atoms with Gasteiger partial charge in [0, 0.05) is 6.20 Å². The normalized spacial score (nSPS) is 10.4. The van der Waals surface area contributed by atoms with E-state index in [4.69, 9.17) is 12.2 Å². The molecule has 0 saturated carbocycles. The van der Waals surface area contributed by atoms with Crippen LogP contribution in [0.3, 0.4) is 0 Å². The Morgan fingerprint density at radius 2 is 2.67 bits per heavy atom. The number of nitrogens with zero attached hydrogens (tertiary/aromatic N) is 1. The minimum absolute atomic E-state index is 0.665. The lowest BCUT2D eigenvalue weighted by Gasteiger charge is -1.94. The molecule has 0 unspecified atom stereocenters. The molecule has 0 amide bonds. The summed E-state index contributed by atoms with van der Waals surface area (Å²) in [6, 6.07) is 3.83. The van der Waals surface area contributed by atoms with Gasteiger partial charge in [0.1, 0.15) is 0 Å². The zero-order chi connectivity index (χ0) is 8.81. The maximum atomic E-state index is 4.88. The van der Waals surface area contributed by atoms with Gasteiger partial charge < -0.3 is 4.98 Å². The van der Waals surface area contributed by atoms with Gasteiger partial charge in [0.15, 0.2) is 4.32 Å². The van der Waals surface area contributed by atoms with E-state index in [0.717, 1.165) is 5.69 Å². The first-order chi connectivity index (χ1) is 5.83. The number of aromatic nitrogens is 1. The molecular weight excluding hydrogens is 190 g/mol. The van der Waals surface area contributed by atoms with Crippen LogP contribution in [-0.2, 0) is 0 Å². The summed E-state index contributed by atoms with van der Waals surface area (Å²) >= 11 is 6.34. The van der Waals surface area contributed by atoms with Crippen molar-refractivity contribution in [3.05, 3.63) is 24.0 Å². The molecule has 5 heteroatoms. The maximum Gasteiger partial charge on any atom is 0.153 e. The van der Waals surface area contributed by atoms with Crippen molar-refractivity contribution in [3.8, 4) is 0 Å². The summed E-state index contributed by atoms with van der Waals surface area (Å²) < 4.78 is 0.665. The lowest BCUT2D eigenvalue weighted by Crippen LogP contribution is -2.10. The SMILES string of the molecule is CSC(=S)N/N=C/c1ccc[nH]1. The first kappa shape index (κ1) is 9.28. The van der Waals surface area contributed by atoms with Crippen molar-refractivity contribution in [2.75, 3.05) is 6.26 Å². The van der Waals surface area contributed by atoms with Gasteiger partial charge in [-0.3, -0.25) is 5.43 Å². The number of thioether (sulfide) groups is 1. The molecule has 2 N–H and O–H groups in total. The highest BCUT2D eigenvalue weighted by atomic mass is 32.2.